The van der Waals surface area contributed by atoms with E-state index >= 15 is 0 Å². The van der Waals surface area contributed by atoms with Crippen molar-refractivity contribution in [1.82, 2.24) is 0 Å². The molecule has 0 heterocycles. The molecular formula is C9H16O4. The van der Waals surface area contributed by atoms with E-state index in [0.29, 0.717) is 6.61 Å². The van der Waals surface area contributed by atoms with Gasteiger partial charge in [0.05, 0.1) is 13.2 Å². The van der Waals surface area contributed by atoms with Crippen LogP contribution in [0.25, 0.3) is 0 Å². The zero-order valence-corrected chi connectivity index (χ0v) is 7.86. The highest BCUT2D eigenvalue weighted by Crippen LogP contribution is 1.98. The Kier molecular flexibility index (Phi) is 7.24. The maximum absolute atomic E-state index is 10.5. The maximum atomic E-state index is 10.5. The Balaban J connectivity index is 3.66. The number of hydrogen-bond acceptors (Lipinski definition) is 3. The summed E-state index contributed by atoms with van der Waals surface area (Å²) < 4.78 is 9.84. The van der Waals surface area contributed by atoms with Crippen molar-refractivity contribution in [3.8, 4) is 0 Å². The van der Waals surface area contributed by atoms with Gasteiger partial charge < -0.3 is 14.6 Å². The molecule has 76 valence electrons. The van der Waals surface area contributed by atoms with Gasteiger partial charge in [0.2, 0.25) is 0 Å². The second-order valence-electron chi connectivity index (χ2n) is 2.52. The van der Waals surface area contributed by atoms with Crippen LogP contribution in [0, 0.1) is 0 Å². The lowest BCUT2D eigenvalue weighted by atomic mass is 10.4. The van der Waals surface area contributed by atoms with E-state index in [1.807, 2.05) is 6.92 Å². The van der Waals surface area contributed by atoms with Crippen LogP contribution in [0.3, 0.4) is 0 Å². The van der Waals surface area contributed by atoms with Crippen molar-refractivity contribution in [1.29, 1.82) is 0 Å². The minimum absolute atomic E-state index is 0.184. The largest absolute Gasteiger partial charge is 0.477 e. The Labute approximate surface area is 78.2 Å². The van der Waals surface area contributed by atoms with Gasteiger partial charge in [-0.15, -0.1) is 6.58 Å². The Morgan fingerprint density at radius 1 is 1.62 bits per heavy atom. The maximum Gasteiger partial charge on any atom is 0.361 e. The normalized spacial score (nSPS) is 12.4. The van der Waals surface area contributed by atoms with Crippen LogP contribution in [0.1, 0.15) is 19.8 Å². The topological polar surface area (TPSA) is 55.8 Å². The molecular weight excluding hydrogens is 172 g/mol. The summed E-state index contributed by atoms with van der Waals surface area (Å²) in [7, 11) is 0. The van der Waals surface area contributed by atoms with Crippen LogP contribution in [0.2, 0.25) is 0 Å². The fourth-order valence-corrected chi connectivity index (χ4v) is 0.681. The molecule has 0 aromatic heterocycles. The Morgan fingerprint density at radius 3 is 2.77 bits per heavy atom. The van der Waals surface area contributed by atoms with Crippen molar-refractivity contribution in [3.05, 3.63) is 12.7 Å². The number of aliphatic carboxylic acids is 1. The molecule has 0 saturated heterocycles. The Morgan fingerprint density at radius 2 is 2.31 bits per heavy atom. The molecule has 4 heteroatoms. The van der Waals surface area contributed by atoms with Crippen LogP contribution >= 0.6 is 0 Å². The average molecular weight is 188 g/mol. The van der Waals surface area contributed by atoms with Crippen LogP contribution in [0.5, 0.6) is 0 Å². The van der Waals surface area contributed by atoms with Crippen LogP contribution < -0.4 is 0 Å². The molecule has 0 aromatic carbocycles. The van der Waals surface area contributed by atoms with Gasteiger partial charge in [-0.2, -0.15) is 0 Å². The lowest BCUT2D eigenvalue weighted by molar-refractivity contribution is -0.186. The number of carboxylic acid groups (broad SMARTS) is 1. The minimum atomic E-state index is -1.16. The first-order valence-corrected chi connectivity index (χ1v) is 4.29. The molecule has 0 amide bonds. The summed E-state index contributed by atoms with van der Waals surface area (Å²) in [6.45, 7) is 6.01. The number of carbonyl (C=O) groups is 1. The Hall–Kier alpha value is -0.870. The van der Waals surface area contributed by atoms with Gasteiger partial charge in [0.15, 0.2) is 0 Å². The first kappa shape index (κ1) is 12.1. The zero-order valence-electron chi connectivity index (χ0n) is 7.86. The van der Waals surface area contributed by atoms with Crippen LogP contribution in [0.15, 0.2) is 12.7 Å². The van der Waals surface area contributed by atoms with Gasteiger partial charge in [0, 0.05) is 0 Å². The van der Waals surface area contributed by atoms with Crippen molar-refractivity contribution in [3.63, 3.8) is 0 Å². The van der Waals surface area contributed by atoms with Crippen molar-refractivity contribution in [2.24, 2.45) is 0 Å². The summed E-state index contributed by atoms with van der Waals surface area (Å²) >= 11 is 0. The highest BCUT2D eigenvalue weighted by Gasteiger charge is 2.17. The van der Waals surface area contributed by atoms with E-state index in [4.69, 9.17) is 14.6 Å². The monoisotopic (exact) mass is 188 g/mol. The van der Waals surface area contributed by atoms with E-state index in [1.165, 1.54) is 6.08 Å². The lowest BCUT2D eigenvalue weighted by Crippen LogP contribution is -2.27. The summed E-state index contributed by atoms with van der Waals surface area (Å²) in [5.74, 6) is -1.10. The van der Waals surface area contributed by atoms with E-state index in [2.05, 4.69) is 6.58 Å². The zero-order chi connectivity index (χ0) is 10.1. The third-order valence-electron chi connectivity index (χ3n) is 1.33. The first-order chi connectivity index (χ1) is 6.22. The molecule has 0 saturated carbocycles. The van der Waals surface area contributed by atoms with E-state index < -0.39 is 12.3 Å². The van der Waals surface area contributed by atoms with Gasteiger partial charge in [-0.1, -0.05) is 19.4 Å². The van der Waals surface area contributed by atoms with E-state index in [-0.39, 0.29) is 6.61 Å². The summed E-state index contributed by atoms with van der Waals surface area (Å²) in [5.41, 5.74) is 0. The average Bonchev–Trinajstić information content (AvgIpc) is 2.10. The van der Waals surface area contributed by atoms with Crippen LogP contribution in [-0.2, 0) is 14.3 Å². The molecule has 0 aromatic rings. The van der Waals surface area contributed by atoms with Gasteiger partial charge >= 0.3 is 5.97 Å². The quantitative estimate of drug-likeness (QED) is 0.355. The summed E-state index contributed by atoms with van der Waals surface area (Å²) in [6.07, 6.45) is 2.12. The standard InChI is InChI=1S/C9H16O4/c1-3-5-7-13-9(8(10)11)12-6-4-2/h4,9H,2-3,5-7H2,1H3,(H,10,11). The van der Waals surface area contributed by atoms with E-state index in [0.717, 1.165) is 12.8 Å². The molecule has 13 heavy (non-hydrogen) atoms. The molecule has 0 radical (unpaired) electrons. The second-order valence-corrected chi connectivity index (χ2v) is 2.52. The number of rotatable bonds is 8. The summed E-state index contributed by atoms with van der Waals surface area (Å²) in [6, 6.07) is 0. The highest BCUT2D eigenvalue weighted by atomic mass is 16.7. The first-order valence-electron chi connectivity index (χ1n) is 4.29. The molecule has 1 atom stereocenters. The Bertz CT molecular complexity index is 156. The van der Waals surface area contributed by atoms with Crippen molar-refractivity contribution in [2.75, 3.05) is 13.2 Å². The third kappa shape index (κ3) is 6.31. The fraction of sp³-hybridized carbons (Fsp3) is 0.667. The summed E-state index contributed by atoms with van der Waals surface area (Å²) in [5, 5.41) is 8.61. The van der Waals surface area contributed by atoms with Gasteiger partial charge in [0.25, 0.3) is 6.29 Å². The fourth-order valence-electron chi connectivity index (χ4n) is 0.681. The van der Waals surface area contributed by atoms with Gasteiger partial charge in [-0.25, -0.2) is 4.79 Å². The molecule has 0 bridgehead atoms. The van der Waals surface area contributed by atoms with Crippen molar-refractivity contribution >= 4 is 5.97 Å². The van der Waals surface area contributed by atoms with Gasteiger partial charge in [-0.05, 0) is 6.42 Å². The molecule has 0 aliphatic carbocycles. The van der Waals surface area contributed by atoms with Crippen LogP contribution in [-0.4, -0.2) is 30.6 Å². The predicted octanol–water partition coefficient (Wildman–Crippen LogP) is 1.42. The second kappa shape index (κ2) is 7.76. The number of ether oxygens (including phenoxy) is 2. The van der Waals surface area contributed by atoms with Gasteiger partial charge in [0.1, 0.15) is 0 Å². The molecule has 1 N–H and O–H groups in total. The van der Waals surface area contributed by atoms with Crippen LogP contribution in [0.4, 0.5) is 0 Å². The minimum Gasteiger partial charge on any atom is -0.477 e. The molecule has 0 aliphatic heterocycles. The molecule has 4 nitrogen and oxygen atoms in total. The van der Waals surface area contributed by atoms with E-state index in [9.17, 15) is 4.79 Å². The molecule has 0 rings (SSSR count). The molecule has 0 aliphatic rings. The lowest BCUT2D eigenvalue weighted by Gasteiger charge is -2.12. The molecule has 0 spiro atoms. The number of unbranched alkanes of at least 4 members (excludes halogenated alkanes) is 1. The molecule has 1 unspecified atom stereocenters. The SMILES string of the molecule is C=CCOC(OCCCC)C(=O)O. The number of hydrogen-bond donors (Lipinski definition) is 1. The summed E-state index contributed by atoms with van der Waals surface area (Å²) in [4.78, 5) is 10.5. The third-order valence-corrected chi connectivity index (χ3v) is 1.33. The predicted molar refractivity (Wildman–Crippen MR) is 48.4 cm³/mol. The van der Waals surface area contributed by atoms with E-state index in [1.54, 1.807) is 0 Å². The van der Waals surface area contributed by atoms with Gasteiger partial charge in [-0.3, -0.25) is 0 Å². The molecule has 0 fully saturated rings. The van der Waals surface area contributed by atoms with Crippen molar-refractivity contribution < 1.29 is 19.4 Å². The number of carboxylic acids is 1. The smallest absolute Gasteiger partial charge is 0.361 e. The van der Waals surface area contributed by atoms with Crippen molar-refractivity contribution in [2.45, 2.75) is 26.1 Å². The highest BCUT2D eigenvalue weighted by molar-refractivity contribution is 5.70.